The van der Waals surface area contributed by atoms with Crippen molar-refractivity contribution < 1.29 is 4.39 Å². The second kappa shape index (κ2) is 5.60. The van der Waals surface area contributed by atoms with Gasteiger partial charge in [-0.1, -0.05) is 24.3 Å². The summed E-state index contributed by atoms with van der Waals surface area (Å²) < 4.78 is 12.8. The van der Waals surface area contributed by atoms with Gasteiger partial charge >= 0.3 is 0 Å². The summed E-state index contributed by atoms with van der Waals surface area (Å²) in [6, 6.07) is 11.2. The van der Waals surface area contributed by atoms with Crippen LogP contribution in [0.5, 0.6) is 0 Å². The van der Waals surface area contributed by atoms with Gasteiger partial charge in [0.25, 0.3) is 0 Å². The second-order valence-electron chi connectivity index (χ2n) is 4.21. The lowest BCUT2D eigenvalue weighted by atomic mass is 10.1. The molecule has 0 aliphatic rings. The molecule has 0 aliphatic carbocycles. The highest BCUT2D eigenvalue weighted by atomic mass is 19.1. The minimum absolute atomic E-state index is 0.320. The summed E-state index contributed by atoms with van der Waals surface area (Å²) in [5.41, 5.74) is 7.83. The van der Waals surface area contributed by atoms with E-state index in [0.717, 1.165) is 17.9 Å². The summed E-state index contributed by atoms with van der Waals surface area (Å²) in [6.45, 7) is 1.28. The van der Waals surface area contributed by atoms with Crippen LogP contribution in [0.15, 0.2) is 42.6 Å². The first-order valence-electron chi connectivity index (χ1n) is 5.79. The molecule has 0 atom stereocenters. The lowest BCUT2D eigenvalue weighted by Gasteiger charge is -2.18. The molecule has 0 aliphatic heterocycles. The van der Waals surface area contributed by atoms with Gasteiger partial charge in [0.1, 0.15) is 11.6 Å². The standard InChI is InChI=1S/C14H16FN3/c1-18(14-7-6-13(15)9-17-14)10-12-4-2-11(8-16)3-5-12/h2-7,9H,8,10,16H2,1H3. The van der Waals surface area contributed by atoms with Gasteiger partial charge in [0, 0.05) is 20.1 Å². The summed E-state index contributed by atoms with van der Waals surface area (Å²) in [6.07, 6.45) is 1.23. The summed E-state index contributed by atoms with van der Waals surface area (Å²) in [5, 5.41) is 0. The van der Waals surface area contributed by atoms with Crippen LogP contribution in [-0.4, -0.2) is 12.0 Å². The Morgan fingerprint density at radius 3 is 2.33 bits per heavy atom. The van der Waals surface area contributed by atoms with Crippen molar-refractivity contribution in [3.63, 3.8) is 0 Å². The molecule has 1 aromatic carbocycles. The first kappa shape index (κ1) is 12.5. The van der Waals surface area contributed by atoms with Crippen LogP contribution < -0.4 is 10.6 Å². The summed E-state index contributed by atoms with van der Waals surface area (Å²) in [5.74, 6) is 0.429. The molecule has 94 valence electrons. The quantitative estimate of drug-likeness (QED) is 0.898. The topological polar surface area (TPSA) is 42.1 Å². The predicted octanol–water partition coefficient (Wildman–Crippen LogP) is 2.32. The molecule has 0 unspecified atom stereocenters. The van der Waals surface area contributed by atoms with E-state index in [-0.39, 0.29) is 5.82 Å². The Labute approximate surface area is 106 Å². The number of hydrogen-bond donors (Lipinski definition) is 1. The molecule has 4 heteroatoms. The van der Waals surface area contributed by atoms with Crippen LogP contribution in [0.3, 0.4) is 0 Å². The van der Waals surface area contributed by atoms with Gasteiger partial charge < -0.3 is 10.6 Å². The molecule has 0 amide bonds. The van der Waals surface area contributed by atoms with Crippen molar-refractivity contribution in [3.8, 4) is 0 Å². The molecule has 18 heavy (non-hydrogen) atoms. The van der Waals surface area contributed by atoms with E-state index in [2.05, 4.69) is 4.98 Å². The maximum absolute atomic E-state index is 12.8. The molecule has 3 nitrogen and oxygen atoms in total. The van der Waals surface area contributed by atoms with E-state index in [1.165, 1.54) is 17.8 Å². The third-order valence-corrected chi connectivity index (χ3v) is 2.78. The van der Waals surface area contributed by atoms with Crippen molar-refractivity contribution in [3.05, 3.63) is 59.5 Å². The number of nitrogens with zero attached hydrogens (tertiary/aromatic N) is 2. The lowest BCUT2D eigenvalue weighted by Crippen LogP contribution is -2.17. The fourth-order valence-corrected chi connectivity index (χ4v) is 1.73. The van der Waals surface area contributed by atoms with E-state index < -0.39 is 0 Å². The summed E-state index contributed by atoms with van der Waals surface area (Å²) in [7, 11) is 1.93. The molecule has 0 fully saturated rings. The largest absolute Gasteiger partial charge is 0.355 e. The van der Waals surface area contributed by atoms with Crippen LogP contribution in [0, 0.1) is 5.82 Å². The highest BCUT2D eigenvalue weighted by Crippen LogP contribution is 2.13. The Morgan fingerprint density at radius 2 is 1.78 bits per heavy atom. The van der Waals surface area contributed by atoms with Crippen LogP contribution in [0.1, 0.15) is 11.1 Å². The highest BCUT2D eigenvalue weighted by Gasteiger charge is 2.03. The molecule has 2 rings (SSSR count). The van der Waals surface area contributed by atoms with Crippen molar-refractivity contribution in [2.24, 2.45) is 5.73 Å². The van der Waals surface area contributed by atoms with E-state index in [1.807, 2.05) is 36.2 Å². The number of benzene rings is 1. The van der Waals surface area contributed by atoms with Crippen molar-refractivity contribution in [1.82, 2.24) is 4.98 Å². The number of hydrogen-bond acceptors (Lipinski definition) is 3. The Morgan fingerprint density at radius 1 is 1.11 bits per heavy atom. The van der Waals surface area contributed by atoms with E-state index in [1.54, 1.807) is 6.07 Å². The van der Waals surface area contributed by atoms with Crippen molar-refractivity contribution in [1.29, 1.82) is 0 Å². The molecule has 0 spiro atoms. The predicted molar refractivity (Wildman–Crippen MR) is 70.6 cm³/mol. The minimum atomic E-state index is -0.320. The Hall–Kier alpha value is -1.94. The van der Waals surface area contributed by atoms with Gasteiger partial charge in [-0.15, -0.1) is 0 Å². The third kappa shape index (κ3) is 3.05. The van der Waals surface area contributed by atoms with Crippen LogP contribution >= 0.6 is 0 Å². The molecule has 0 saturated carbocycles. The number of anilines is 1. The fourth-order valence-electron chi connectivity index (χ4n) is 1.73. The molecule has 1 heterocycles. The number of aromatic nitrogens is 1. The molecular formula is C14H16FN3. The van der Waals surface area contributed by atoms with Gasteiger partial charge in [-0.25, -0.2) is 9.37 Å². The van der Waals surface area contributed by atoms with Gasteiger partial charge in [-0.3, -0.25) is 0 Å². The van der Waals surface area contributed by atoms with Crippen molar-refractivity contribution >= 4 is 5.82 Å². The highest BCUT2D eigenvalue weighted by molar-refractivity contribution is 5.38. The SMILES string of the molecule is CN(Cc1ccc(CN)cc1)c1ccc(F)cn1. The van der Waals surface area contributed by atoms with Crippen LogP contribution in [0.4, 0.5) is 10.2 Å². The molecule has 0 bridgehead atoms. The zero-order valence-corrected chi connectivity index (χ0v) is 10.3. The van der Waals surface area contributed by atoms with Gasteiger partial charge in [0.2, 0.25) is 0 Å². The summed E-state index contributed by atoms with van der Waals surface area (Å²) >= 11 is 0. The zero-order chi connectivity index (χ0) is 13.0. The third-order valence-electron chi connectivity index (χ3n) is 2.78. The molecular weight excluding hydrogens is 229 g/mol. The molecule has 0 saturated heterocycles. The average molecular weight is 245 g/mol. The van der Waals surface area contributed by atoms with Crippen LogP contribution in [-0.2, 0) is 13.1 Å². The maximum atomic E-state index is 12.8. The van der Waals surface area contributed by atoms with E-state index >= 15 is 0 Å². The Bertz CT molecular complexity index is 493. The first-order valence-corrected chi connectivity index (χ1v) is 5.79. The molecule has 0 radical (unpaired) electrons. The number of nitrogens with two attached hydrogens (primary N) is 1. The number of halogens is 1. The van der Waals surface area contributed by atoms with Gasteiger partial charge in [0.15, 0.2) is 0 Å². The molecule has 1 aromatic heterocycles. The maximum Gasteiger partial charge on any atom is 0.141 e. The Balaban J connectivity index is 2.05. The molecule has 2 N–H and O–H groups in total. The Kier molecular flexibility index (Phi) is 3.89. The fraction of sp³-hybridized carbons (Fsp3) is 0.214. The smallest absolute Gasteiger partial charge is 0.141 e. The monoisotopic (exact) mass is 245 g/mol. The van der Waals surface area contributed by atoms with Crippen molar-refractivity contribution in [2.45, 2.75) is 13.1 Å². The van der Waals surface area contributed by atoms with Crippen LogP contribution in [0.25, 0.3) is 0 Å². The van der Waals surface area contributed by atoms with E-state index in [0.29, 0.717) is 6.54 Å². The van der Waals surface area contributed by atoms with Crippen LogP contribution in [0.2, 0.25) is 0 Å². The van der Waals surface area contributed by atoms with E-state index in [4.69, 9.17) is 5.73 Å². The lowest BCUT2D eigenvalue weighted by molar-refractivity contribution is 0.621. The minimum Gasteiger partial charge on any atom is -0.355 e. The molecule has 2 aromatic rings. The second-order valence-corrected chi connectivity index (χ2v) is 4.21. The average Bonchev–Trinajstić information content (AvgIpc) is 2.40. The summed E-state index contributed by atoms with van der Waals surface area (Å²) in [4.78, 5) is 6.01. The number of pyridine rings is 1. The number of rotatable bonds is 4. The zero-order valence-electron chi connectivity index (χ0n) is 10.3. The van der Waals surface area contributed by atoms with Crippen molar-refractivity contribution in [2.75, 3.05) is 11.9 Å². The van der Waals surface area contributed by atoms with Gasteiger partial charge in [-0.2, -0.15) is 0 Å². The van der Waals surface area contributed by atoms with E-state index in [9.17, 15) is 4.39 Å². The van der Waals surface area contributed by atoms with Gasteiger partial charge in [0.05, 0.1) is 6.20 Å². The van der Waals surface area contributed by atoms with Gasteiger partial charge in [-0.05, 0) is 23.3 Å². The first-order chi connectivity index (χ1) is 8.69. The normalized spacial score (nSPS) is 10.4.